The summed E-state index contributed by atoms with van der Waals surface area (Å²) in [5.41, 5.74) is 33.8. The van der Waals surface area contributed by atoms with E-state index in [2.05, 4.69) is 245 Å². The number of hydrogen-bond donors (Lipinski definition) is 0. The van der Waals surface area contributed by atoms with Gasteiger partial charge in [0, 0.05) is 60.2 Å². The second kappa shape index (κ2) is 15.3. The molecule has 0 spiro atoms. The Bertz CT molecular complexity index is 4650. The normalized spacial score (nSPS) is 16.5. The van der Waals surface area contributed by atoms with Crippen LogP contribution in [0.4, 0.5) is 0 Å². The fourth-order valence-corrected chi connectivity index (χ4v) is 16.1. The molecule has 4 aliphatic rings. The highest BCUT2D eigenvalue weighted by Crippen LogP contribution is 2.64. The van der Waals surface area contributed by atoms with Gasteiger partial charge >= 0.3 is 0 Å². The quantitative estimate of drug-likeness (QED) is 0.172. The zero-order valence-corrected chi connectivity index (χ0v) is 46.3. The van der Waals surface area contributed by atoms with E-state index in [4.69, 9.17) is 8.83 Å². The van der Waals surface area contributed by atoms with E-state index in [9.17, 15) is 0 Å². The molecule has 0 radical (unpaired) electrons. The predicted octanol–water partition coefficient (Wildman–Crippen LogP) is 20.4. The van der Waals surface area contributed by atoms with E-state index in [1.807, 2.05) is 0 Å². The summed E-state index contributed by atoms with van der Waals surface area (Å²) in [7, 11) is 0. The van der Waals surface area contributed by atoms with Gasteiger partial charge in [0.25, 0.3) is 0 Å². The van der Waals surface area contributed by atoms with Gasteiger partial charge in [-0.25, -0.2) is 0 Å². The second-order valence-electron chi connectivity index (χ2n) is 25.6. The summed E-state index contributed by atoms with van der Waals surface area (Å²) < 4.78 is 14.1. The summed E-state index contributed by atoms with van der Waals surface area (Å²) in [4.78, 5) is 0. The van der Waals surface area contributed by atoms with E-state index in [1.165, 1.54) is 144 Å². The van der Waals surface area contributed by atoms with Gasteiger partial charge in [0.15, 0.2) is 0 Å². The average Bonchev–Trinajstić information content (AvgIpc) is 4.37. The lowest BCUT2D eigenvalue weighted by Gasteiger charge is -2.31. The van der Waals surface area contributed by atoms with Crippen molar-refractivity contribution >= 4 is 43.9 Å². The van der Waals surface area contributed by atoms with Crippen molar-refractivity contribution in [2.45, 2.75) is 103 Å². The number of fused-ring (bicyclic) bond motifs is 22. The van der Waals surface area contributed by atoms with Gasteiger partial charge in [0.2, 0.25) is 0 Å². The Morgan fingerprint density at radius 3 is 1.62 bits per heavy atom. The maximum absolute atomic E-state index is 7.09. The number of benzene rings is 10. The lowest BCUT2D eigenvalue weighted by Crippen LogP contribution is -2.24. The third kappa shape index (κ3) is 5.78. The third-order valence-electron chi connectivity index (χ3n) is 19.9. The minimum atomic E-state index is -0.297. The molecule has 0 aliphatic heterocycles. The number of hydrogen-bond acceptors (Lipinski definition) is 2. The lowest BCUT2D eigenvalue weighted by molar-refractivity contribution is 0.599. The zero-order valence-electron chi connectivity index (χ0n) is 46.3. The molecule has 0 bridgehead atoms. The number of rotatable bonds is 5. The predicted molar refractivity (Wildman–Crippen MR) is 325 cm³/mol. The topological polar surface area (TPSA) is 26.3 Å². The zero-order chi connectivity index (χ0) is 53.1. The Labute approximate surface area is 457 Å². The van der Waals surface area contributed by atoms with Crippen LogP contribution in [0.2, 0.25) is 0 Å². The molecule has 78 heavy (non-hydrogen) atoms. The summed E-state index contributed by atoms with van der Waals surface area (Å²) in [6.45, 7) is 24.1. The lowest BCUT2D eigenvalue weighted by atomic mass is 9.71. The van der Waals surface area contributed by atoms with Crippen LogP contribution in [0.1, 0.15) is 134 Å². The summed E-state index contributed by atoms with van der Waals surface area (Å²) in [6, 6.07) is 66.7. The molecule has 0 fully saturated rings. The molecule has 0 N–H and O–H groups in total. The van der Waals surface area contributed by atoms with E-state index in [0.717, 1.165) is 34.3 Å². The first-order valence-corrected chi connectivity index (χ1v) is 28.3. The summed E-state index contributed by atoms with van der Waals surface area (Å²) in [5.74, 6) is 0.116. The van der Waals surface area contributed by atoms with E-state index in [-0.39, 0.29) is 27.6 Å². The highest BCUT2D eigenvalue weighted by molar-refractivity contribution is 6.21. The van der Waals surface area contributed by atoms with Crippen molar-refractivity contribution in [1.82, 2.24) is 0 Å². The van der Waals surface area contributed by atoms with Gasteiger partial charge in [-0.1, -0.05) is 207 Å². The van der Waals surface area contributed by atoms with Gasteiger partial charge in [0.1, 0.15) is 22.3 Å². The molecule has 0 amide bonds. The van der Waals surface area contributed by atoms with Crippen molar-refractivity contribution in [1.29, 1.82) is 0 Å². The van der Waals surface area contributed by atoms with Gasteiger partial charge in [0.05, 0.1) is 0 Å². The Morgan fingerprint density at radius 1 is 0.372 bits per heavy atom. The van der Waals surface area contributed by atoms with Crippen molar-refractivity contribution < 1.29 is 8.83 Å². The maximum atomic E-state index is 7.09. The Kier molecular flexibility index (Phi) is 9.01. The van der Waals surface area contributed by atoms with Crippen LogP contribution in [0.3, 0.4) is 0 Å². The fourth-order valence-electron chi connectivity index (χ4n) is 16.1. The van der Waals surface area contributed by atoms with Crippen molar-refractivity contribution in [3.8, 4) is 55.6 Å². The van der Waals surface area contributed by atoms with E-state index < -0.39 is 0 Å². The third-order valence-corrected chi connectivity index (χ3v) is 19.9. The number of para-hydroxylation sites is 2. The summed E-state index contributed by atoms with van der Waals surface area (Å²) in [5, 5.41) is 4.82. The van der Waals surface area contributed by atoms with Crippen LogP contribution in [0.15, 0.2) is 185 Å². The van der Waals surface area contributed by atoms with Crippen LogP contribution in [0.5, 0.6) is 0 Å². The molecule has 2 heterocycles. The van der Waals surface area contributed by atoms with Crippen molar-refractivity contribution in [2.75, 3.05) is 0 Å². The van der Waals surface area contributed by atoms with Gasteiger partial charge in [-0.3, -0.25) is 0 Å². The van der Waals surface area contributed by atoms with E-state index >= 15 is 0 Å². The first-order chi connectivity index (χ1) is 37.5. The SMILES string of the molecule is Cc1cccc(C)c1C(Cc1ccc2c(c1)C(C)(C)c1cc(-c3ccc4c(c3)C(C)(C)c3ccccc3-4)c3oc4ccccc4c3c1-2)c1ccc2c(c1)C(C)(C)c1c3c(c4c(oc5ccccc54)c1-2)-c1ccccc1C3(C)C. The standard InChI is InChI=1S/C76H62O2/c1-41-20-19-21-42(2)63(41)53(44-32-35-50-59(38-44)76(9,10)70-68(50)72-67(52-25-14-18-29-62(52)78-72)65-48-23-12-16-27-56(48)75(7,8)69(65)70)36-43-30-33-49-57(37-43)74(5,6)60-40-54(71-66(64(49)60)51-24-13-17-28-61(51)77-71)45-31-34-47-46-22-11-15-26-55(46)73(3,4)58(47)39-45/h11-35,37-40,53H,36H2,1-10H3. The van der Waals surface area contributed by atoms with Crippen molar-refractivity contribution in [2.24, 2.45) is 0 Å². The van der Waals surface area contributed by atoms with Crippen LogP contribution in [-0.4, -0.2) is 0 Å². The Morgan fingerprint density at radius 2 is 0.885 bits per heavy atom. The highest BCUT2D eigenvalue weighted by atomic mass is 16.3. The minimum Gasteiger partial charge on any atom is -0.455 e. The van der Waals surface area contributed by atoms with Crippen molar-refractivity contribution in [3.05, 3.63) is 248 Å². The van der Waals surface area contributed by atoms with Gasteiger partial charge < -0.3 is 8.83 Å². The first-order valence-electron chi connectivity index (χ1n) is 28.3. The molecular formula is C76H62O2. The van der Waals surface area contributed by atoms with Crippen LogP contribution in [-0.2, 0) is 28.1 Å². The molecule has 16 rings (SSSR count). The molecule has 2 nitrogen and oxygen atoms in total. The fraction of sp³-hybridized carbons (Fsp3) is 0.211. The molecule has 378 valence electrons. The molecule has 4 aliphatic carbocycles. The van der Waals surface area contributed by atoms with Gasteiger partial charge in [-0.05, 0) is 161 Å². The monoisotopic (exact) mass is 1010 g/mol. The summed E-state index contributed by atoms with van der Waals surface area (Å²) in [6.07, 6.45) is 0.867. The smallest absolute Gasteiger partial charge is 0.144 e. The van der Waals surface area contributed by atoms with Gasteiger partial charge in [-0.2, -0.15) is 0 Å². The Hall–Kier alpha value is -8.20. The summed E-state index contributed by atoms with van der Waals surface area (Å²) >= 11 is 0. The molecule has 1 atom stereocenters. The minimum absolute atomic E-state index is 0.111. The molecule has 0 saturated carbocycles. The van der Waals surface area contributed by atoms with Crippen molar-refractivity contribution in [3.63, 3.8) is 0 Å². The van der Waals surface area contributed by atoms with E-state index in [1.54, 1.807) is 0 Å². The molecule has 12 aromatic rings. The van der Waals surface area contributed by atoms with E-state index in [0.29, 0.717) is 0 Å². The average molecular weight is 1010 g/mol. The number of furan rings is 2. The highest BCUT2D eigenvalue weighted by Gasteiger charge is 2.49. The van der Waals surface area contributed by atoms with Crippen LogP contribution in [0, 0.1) is 13.8 Å². The van der Waals surface area contributed by atoms with Crippen LogP contribution < -0.4 is 0 Å². The molecular weight excluding hydrogens is 945 g/mol. The molecule has 0 saturated heterocycles. The first kappa shape index (κ1) is 45.9. The van der Waals surface area contributed by atoms with Gasteiger partial charge in [-0.15, -0.1) is 0 Å². The maximum Gasteiger partial charge on any atom is 0.144 e. The second-order valence-corrected chi connectivity index (χ2v) is 25.6. The Balaban J connectivity index is 0.848. The molecule has 10 aromatic carbocycles. The van der Waals surface area contributed by atoms with Crippen LogP contribution in [0.25, 0.3) is 99.5 Å². The van der Waals surface area contributed by atoms with Crippen LogP contribution >= 0.6 is 0 Å². The number of aryl methyl sites for hydroxylation is 2. The largest absolute Gasteiger partial charge is 0.455 e. The molecule has 2 heteroatoms. The molecule has 1 unspecified atom stereocenters. The molecule has 2 aromatic heterocycles.